The van der Waals surface area contributed by atoms with Gasteiger partial charge < -0.3 is 9.47 Å². The van der Waals surface area contributed by atoms with Gasteiger partial charge in [-0.15, -0.1) is 0 Å². The monoisotopic (exact) mass is 432 g/mol. The van der Waals surface area contributed by atoms with E-state index in [1.54, 1.807) is 42.5 Å². The van der Waals surface area contributed by atoms with Gasteiger partial charge in [-0.1, -0.05) is 41.9 Å². The number of rotatable bonds is 7. The van der Waals surface area contributed by atoms with E-state index in [-0.39, 0.29) is 12.4 Å². The highest BCUT2D eigenvalue weighted by atomic mass is 35.5. The second-order valence-corrected chi connectivity index (χ2v) is 6.90. The molecule has 3 aromatic rings. The summed E-state index contributed by atoms with van der Waals surface area (Å²) in [7, 11) is 0. The minimum Gasteiger partial charge on any atom is -0.490 e. The number of benzene rings is 3. The lowest BCUT2D eigenvalue weighted by Gasteiger charge is -2.15. The van der Waals surface area contributed by atoms with Crippen molar-refractivity contribution < 1.29 is 13.9 Å². The van der Waals surface area contributed by atoms with Gasteiger partial charge in [0.1, 0.15) is 12.4 Å². The van der Waals surface area contributed by atoms with Crippen molar-refractivity contribution in [3.05, 3.63) is 93.8 Å². The molecular weight excluding hydrogens is 415 g/mol. The summed E-state index contributed by atoms with van der Waals surface area (Å²) in [5, 5.41) is 19.1. The Hall–Kier alpha value is -3.80. The summed E-state index contributed by atoms with van der Waals surface area (Å²) in [5.74, 6) is 0.406. The smallest absolute Gasteiger partial charge is 0.180 e. The predicted octanol–water partition coefficient (Wildman–Crippen LogP) is 6.39. The third-order valence-corrected chi connectivity index (χ3v) is 4.71. The Balaban J connectivity index is 1.94. The molecule has 0 unspecified atom stereocenters. The molecule has 0 bridgehead atoms. The van der Waals surface area contributed by atoms with Crippen molar-refractivity contribution in [1.29, 1.82) is 10.5 Å². The van der Waals surface area contributed by atoms with Crippen LogP contribution in [0.4, 0.5) is 4.39 Å². The van der Waals surface area contributed by atoms with Gasteiger partial charge in [-0.25, -0.2) is 4.39 Å². The zero-order valence-corrected chi connectivity index (χ0v) is 17.5. The SMILES string of the molecule is CCOc1cc(/C=C(/C#N)c2ccc(F)cc2)cc(Cl)c1OCc1ccccc1C#N. The van der Waals surface area contributed by atoms with E-state index in [1.165, 1.54) is 12.1 Å². The number of nitrogens with zero attached hydrogens (tertiary/aromatic N) is 2. The van der Waals surface area contributed by atoms with Crippen molar-refractivity contribution >= 4 is 23.3 Å². The maximum absolute atomic E-state index is 13.2. The molecule has 0 aromatic heterocycles. The van der Waals surface area contributed by atoms with E-state index in [4.69, 9.17) is 21.1 Å². The molecule has 0 atom stereocenters. The highest BCUT2D eigenvalue weighted by Gasteiger charge is 2.14. The Bertz CT molecular complexity index is 1190. The molecule has 0 aliphatic rings. The molecule has 3 rings (SSSR count). The maximum Gasteiger partial charge on any atom is 0.180 e. The van der Waals surface area contributed by atoms with E-state index < -0.39 is 0 Å². The Morgan fingerprint density at radius 3 is 2.48 bits per heavy atom. The quantitative estimate of drug-likeness (QED) is 0.320. The standard InChI is InChI=1S/C25H18ClFN2O2/c1-2-30-24-13-17(11-21(15-29)18-7-9-22(27)10-8-18)12-23(26)25(24)31-16-20-6-4-3-5-19(20)14-28/h3-13H,2,16H2,1H3/b21-11-. The first-order chi connectivity index (χ1) is 15.0. The van der Waals surface area contributed by atoms with Gasteiger partial charge in [0.2, 0.25) is 0 Å². The van der Waals surface area contributed by atoms with E-state index in [2.05, 4.69) is 12.1 Å². The summed E-state index contributed by atoms with van der Waals surface area (Å²) >= 11 is 6.47. The van der Waals surface area contributed by atoms with Crippen LogP contribution < -0.4 is 9.47 Å². The average Bonchev–Trinajstić information content (AvgIpc) is 2.78. The minimum absolute atomic E-state index is 0.151. The molecule has 4 nitrogen and oxygen atoms in total. The molecule has 3 aromatic carbocycles. The Morgan fingerprint density at radius 2 is 1.81 bits per heavy atom. The molecule has 0 amide bonds. The summed E-state index contributed by atoms with van der Waals surface area (Å²) in [6.45, 7) is 2.37. The highest BCUT2D eigenvalue weighted by molar-refractivity contribution is 6.32. The number of nitriles is 2. The number of hydrogen-bond acceptors (Lipinski definition) is 4. The van der Waals surface area contributed by atoms with Crippen LogP contribution in [0, 0.1) is 28.5 Å². The lowest BCUT2D eigenvalue weighted by atomic mass is 10.0. The highest BCUT2D eigenvalue weighted by Crippen LogP contribution is 2.38. The molecule has 0 aliphatic heterocycles. The van der Waals surface area contributed by atoms with Gasteiger partial charge in [-0.3, -0.25) is 0 Å². The molecule has 0 radical (unpaired) electrons. The van der Waals surface area contributed by atoms with E-state index in [9.17, 15) is 14.9 Å². The lowest BCUT2D eigenvalue weighted by Crippen LogP contribution is -2.02. The van der Waals surface area contributed by atoms with Crippen LogP contribution in [0.3, 0.4) is 0 Å². The van der Waals surface area contributed by atoms with Crippen molar-refractivity contribution in [3.63, 3.8) is 0 Å². The molecule has 0 fully saturated rings. The van der Waals surface area contributed by atoms with Crippen molar-refractivity contribution in [2.75, 3.05) is 6.61 Å². The van der Waals surface area contributed by atoms with Crippen molar-refractivity contribution in [1.82, 2.24) is 0 Å². The zero-order valence-electron chi connectivity index (χ0n) is 16.7. The summed E-state index contributed by atoms with van der Waals surface area (Å²) in [6.07, 6.45) is 1.65. The molecule has 0 saturated carbocycles. The average molecular weight is 433 g/mol. The third-order valence-electron chi connectivity index (χ3n) is 4.43. The normalized spacial score (nSPS) is 10.8. The van der Waals surface area contributed by atoms with Crippen molar-refractivity contribution in [2.45, 2.75) is 13.5 Å². The molecule has 0 N–H and O–H groups in total. The first kappa shape index (κ1) is 21.9. The van der Waals surface area contributed by atoms with Crippen LogP contribution in [0.15, 0.2) is 60.7 Å². The number of hydrogen-bond donors (Lipinski definition) is 0. The molecular formula is C25H18ClFN2O2. The zero-order chi connectivity index (χ0) is 22.2. The maximum atomic E-state index is 13.2. The lowest BCUT2D eigenvalue weighted by molar-refractivity contribution is 0.269. The number of ether oxygens (including phenoxy) is 2. The second-order valence-electron chi connectivity index (χ2n) is 6.50. The summed E-state index contributed by atoms with van der Waals surface area (Å²) < 4.78 is 24.8. The van der Waals surface area contributed by atoms with Gasteiger partial charge in [0.15, 0.2) is 11.5 Å². The van der Waals surface area contributed by atoms with E-state index in [0.717, 1.165) is 5.56 Å². The molecule has 31 heavy (non-hydrogen) atoms. The van der Waals surface area contributed by atoms with Crippen LogP contribution in [0.2, 0.25) is 5.02 Å². The Morgan fingerprint density at radius 1 is 1.06 bits per heavy atom. The first-order valence-corrected chi connectivity index (χ1v) is 9.88. The van der Waals surface area contributed by atoms with Gasteiger partial charge >= 0.3 is 0 Å². The predicted molar refractivity (Wildman–Crippen MR) is 118 cm³/mol. The summed E-state index contributed by atoms with van der Waals surface area (Å²) in [6, 6.07) is 20.5. The first-order valence-electron chi connectivity index (χ1n) is 9.50. The van der Waals surface area contributed by atoms with E-state index in [0.29, 0.717) is 45.4 Å². The van der Waals surface area contributed by atoms with Crippen LogP contribution in [0.25, 0.3) is 11.6 Å². The fraction of sp³-hybridized carbons (Fsp3) is 0.120. The van der Waals surface area contributed by atoms with E-state index >= 15 is 0 Å². The third kappa shape index (κ3) is 5.42. The van der Waals surface area contributed by atoms with Gasteiger partial charge in [-0.2, -0.15) is 10.5 Å². The molecule has 6 heteroatoms. The summed E-state index contributed by atoms with van der Waals surface area (Å²) in [5.41, 5.74) is 2.84. The summed E-state index contributed by atoms with van der Waals surface area (Å²) in [4.78, 5) is 0. The van der Waals surface area contributed by atoms with Gasteiger partial charge in [-0.05, 0) is 54.5 Å². The molecule has 0 aliphatic carbocycles. The minimum atomic E-state index is -0.373. The molecule has 0 spiro atoms. The van der Waals surface area contributed by atoms with Gasteiger partial charge in [0, 0.05) is 5.56 Å². The second kappa shape index (κ2) is 10.3. The van der Waals surface area contributed by atoms with Crippen molar-refractivity contribution in [2.24, 2.45) is 0 Å². The van der Waals surface area contributed by atoms with Gasteiger partial charge in [0.25, 0.3) is 0 Å². The molecule has 0 saturated heterocycles. The fourth-order valence-corrected chi connectivity index (χ4v) is 3.23. The number of halogens is 2. The van der Waals surface area contributed by atoms with Crippen LogP contribution in [-0.2, 0) is 6.61 Å². The van der Waals surface area contributed by atoms with Crippen LogP contribution in [0.5, 0.6) is 11.5 Å². The fourth-order valence-electron chi connectivity index (χ4n) is 2.96. The van der Waals surface area contributed by atoms with Crippen LogP contribution in [0.1, 0.15) is 29.2 Å². The van der Waals surface area contributed by atoms with E-state index in [1.807, 2.05) is 19.1 Å². The van der Waals surface area contributed by atoms with Gasteiger partial charge in [0.05, 0.1) is 34.9 Å². The van der Waals surface area contributed by atoms with Crippen LogP contribution >= 0.6 is 11.6 Å². The largest absolute Gasteiger partial charge is 0.490 e. The van der Waals surface area contributed by atoms with Crippen molar-refractivity contribution in [3.8, 4) is 23.6 Å². The number of allylic oxidation sites excluding steroid dienone is 1. The Kier molecular flexibility index (Phi) is 7.27. The molecule has 0 heterocycles. The van der Waals surface area contributed by atoms with Crippen LogP contribution in [-0.4, -0.2) is 6.61 Å². The Labute approximate surface area is 185 Å². The topological polar surface area (TPSA) is 66.0 Å². The molecule has 154 valence electrons.